The van der Waals surface area contributed by atoms with E-state index in [1.807, 2.05) is 24.3 Å². The van der Waals surface area contributed by atoms with Gasteiger partial charge in [0.2, 0.25) is 0 Å². The van der Waals surface area contributed by atoms with Gasteiger partial charge < -0.3 is 14.5 Å². The highest BCUT2D eigenvalue weighted by molar-refractivity contribution is 5.96. The molecule has 2 aliphatic heterocycles. The summed E-state index contributed by atoms with van der Waals surface area (Å²) in [5.74, 6) is 0.236. The van der Waals surface area contributed by atoms with Crippen molar-refractivity contribution in [1.82, 2.24) is 14.7 Å². The Morgan fingerprint density at radius 1 is 1.21 bits per heavy atom. The van der Waals surface area contributed by atoms with E-state index in [2.05, 4.69) is 5.10 Å². The Labute approximate surface area is 169 Å². The van der Waals surface area contributed by atoms with Crippen LogP contribution in [0.1, 0.15) is 34.7 Å². The Bertz CT molecular complexity index is 898. The normalized spacial score (nSPS) is 18.1. The Hall–Kier alpha value is -2.94. The van der Waals surface area contributed by atoms with Gasteiger partial charge in [-0.2, -0.15) is 5.10 Å². The van der Waals surface area contributed by atoms with Gasteiger partial charge in [-0.3, -0.25) is 19.6 Å². The summed E-state index contributed by atoms with van der Waals surface area (Å²) in [7, 11) is 1.90. The first-order valence-electron chi connectivity index (χ1n) is 9.92. The van der Waals surface area contributed by atoms with Crippen molar-refractivity contribution in [1.29, 1.82) is 0 Å². The van der Waals surface area contributed by atoms with Gasteiger partial charge in [-0.25, -0.2) is 0 Å². The summed E-state index contributed by atoms with van der Waals surface area (Å²) >= 11 is 0. The lowest BCUT2D eigenvalue weighted by atomic mass is 9.91. The summed E-state index contributed by atoms with van der Waals surface area (Å²) in [6.45, 7) is 3.48. The monoisotopic (exact) mass is 399 g/mol. The minimum Gasteiger partial charge on any atom is -0.378 e. The maximum absolute atomic E-state index is 12.7. The number of aromatic nitrogens is 2. The van der Waals surface area contributed by atoms with Gasteiger partial charge in [-0.1, -0.05) is 0 Å². The minimum absolute atomic E-state index is 0.0102. The SMILES string of the molecule is Cn1cc(C2CCN(c3ccc(C(=O)N4CCOCC4)cc3[N+](=O)[O-])CC2)cn1. The van der Waals surface area contributed by atoms with Gasteiger partial charge in [0.15, 0.2) is 0 Å². The van der Waals surface area contributed by atoms with Crippen molar-refractivity contribution in [3.05, 3.63) is 51.8 Å². The van der Waals surface area contributed by atoms with Gasteiger partial charge in [-0.15, -0.1) is 0 Å². The molecule has 3 heterocycles. The molecule has 2 aromatic rings. The van der Waals surface area contributed by atoms with Crippen molar-refractivity contribution in [2.45, 2.75) is 18.8 Å². The summed E-state index contributed by atoms with van der Waals surface area (Å²) in [5, 5.41) is 16.0. The van der Waals surface area contributed by atoms with Gasteiger partial charge in [-0.05, 0) is 36.5 Å². The third kappa shape index (κ3) is 4.09. The molecule has 0 radical (unpaired) electrons. The number of hydrogen-bond donors (Lipinski definition) is 0. The van der Waals surface area contributed by atoms with Gasteiger partial charge in [0.05, 0.1) is 24.3 Å². The highest BCUT2D eigenvalue weighted by Crippen LogP contribution is 2.35. The predicted octanol–water partition coefficient (Wildman–Crippen LogP) is 2.18. The van der Waals surface area contributed by atoms with Crippen molar-refractivity contribution in [2.75, 3.05) is 44.3 Å². The second kappa shape index (κ2) is 8.20. The van der Waals surface area contributed by atoms with Crippen LogP contribution in [0.15, 0.2) is 30.6 Å². The Morgan fingerprint density at radius 2 is 1.93 bits per heavy atom. The number of carbonyl (C=O) groups excluding carboxylic acids is 1. The third-order valence-corrected chi connectivity index (χ3v) is 5.75. The van der Waals surface area contributed by atoms with E-state index < -0.39 is 4.92 Å². The Morgan fingerprint density at radius 3 is 2.55 bits per heavy atom. The van der Waals surface area contributed by atoms with E-state index in [0.29, 0.717) is 43.5 Å². The standard InChI is InChI=1S/C20H25N5O4/c1-22-14-17(13-21-22)15-4-6-23(7-5-15)18-3-2-16(12-19(18)25(27)28)20(26)24-8-10-29-11-9-24/h2-3,12-15H,4-11H2,1H3. The molecular formula is C20H25N5O4. The maximum Gasteiger partial charge on any atom is 0.293 e. The second-order valence-electron chi connectivity index (χ2n) is 7.57. The van der Waals surface area contributed by atoms with Crippen LogP contribution in [0.2, 0.25) is 0 Å². The van der Waals surface area contributed by atoms with Crippen molar-refractivity contribution in [3.63, 3.8) is 0 Å². The molecule has 9 nitrogen and oxygen atoms in total. The van der Waals surface area contributed by atoms with Crippen LogP contribution in [0.3, 0.4) is 0 Å². The lowest BCUT2D eigenvalue weighted by Crippen LogP contribution is -2.40. The van der Waals surface area contributed by atoms with E-state index in [9.17, 15) is 14.9 Å². The van der Waals surface area contributed by atoms with E-state index in [0.717, 1.165) is 25.9 Å². The average Bonchev–Trinajstić information content (AvgIpc) is 3.20. The van der Waals surface area contributed by atoms with E-state index >= 15 is 0 Å². The Balaban J connectivity index is 1.50. The fourth-order valence-corrected chi connectivity index (χ4v) is 4.12. The zero-order valence-corrected chi connectivity index (χ0v) is 16.5. The molecule has 0 atom stereocenters. The van der Waals surface area contributed by atoms with Crippen LogP contribution in [-0.2, 0) is 11.8 Å². The molecule has 2 aliphatic rings. The molecule has 4 rings (SSSR count). The van der Waals surface area contributed by atoms with Gasteiger partial charge in [0.1, 0.15) is 5.69 Å². The van der Waals surface area contributed by atoms with Crippen molar-refractivity contribution in [3.8, 4) is 0 Å². The Kier molecular flexibility index (Phi) is 5.48. The van der Waals surface area contributed by atoms with Crippen molar-refractivity contribution < 1.29 is 14.5 Å². The highest BCUT2D eigenvalue weighted by atomic mass is 16.6. The molecule has 0 aliphatic carbocycles. The molecule has 1 aromatic heterocycles. The lowest BCUT2D eigenvalue weighted by Gasteiger charge is -2.33. The van der Waals surface area contributed by atoms with Gasteiger partial charge >= 0.3 is 0 Å². The number of piperidine rings is 1. The van der Waals surface area contributed by atoms with Crippen molar-refractivity contribution >= 4 is 17.3 Å². The minimum atomic E-state index is -0.390. The summed E-state index contributed by atoms with van der Waals surface area (Å²) in [5.41, 5.74) is 2.14. The largest absolute Gasteiger partial charge is 0.378 e. The number of carbonyl (C=O) groups is 1. The van der Waals surface area contributed by atoms with Crippen LogP contribution in [0.25, 0.3) is 0 Å². The zero-order valence-electron chi connectivity index (χ0n) is 16.5. The number of nitro benzene ring substituents is 1. The summed E-state index contributed by atoms with van der Waals surface area (Å²) in [6, 6.07) is 4.84. The van der Waals surface area contributed by atoms with Crippen LogP contribution in [0, 0.1) is 10.1 Å². The van der Waals surface area contributed by atoms with E-state index in [-0.39, 0.29) is 11.6 Å². The predicted molar refractivity (Wildman–Crippen MR) is 107 cm³/mol. The van der Waals surface area contributed by atoms with Gasteiger partial charge in [0, 0.05) is 51.1 Å². The number of aryl methyl sites for hydroxylation is 1. The average molecular weight is 399 g/mol. The lowest BCUT2D eigenvalue weighted by molar-refractivity contribution is -0.384. The molecule has 0 N–H and O–H groups in total. The topological polar surface area (TPSA) is 93.7 Å². The molecular weight excluding hydrogens is 374 g/mol. The zero-order chi connectivity index (χ0) is 20.4. The molecule has 0 unspecified atom stereocenters. The van der Waals surface area contributed by atoms with Crippen LogP contribution in [0.5, 0.6) is 0 Å². The first-order valence-corrected chi connectivity index (χ1v) is 9.92. The second-order valence-corrected chi connectivity index (χ2v) is 7.57. The quantitative estimate of drug-likeness (QED) is 0.578. The molecule has 9 heteroatoms. The van der Waals surface area contributed by atoms with Crippen LogP contribution >= 0.6 is 0 Å². The van der Waals surface area contributed by atoms with Gasteiger partial charge in [0.25, 0.3) is 11.6 Å². The molecule has 0 spiro atoms. The number of morpholine rings is 1. The van der Waals surface area contributed by atoms with Crippen molar-refractivity contribution in [2.24, 2.45) is 7.05 Å². The molecule has 0 bridgehead atoms. The highest BCUT2D eigenvalue weighted by Gasteiger charge is 2.28. The molecule has 2 saturated heterocycles. The van der Waals surface area contributed by atoms with E-state index in [1.54, 1.807) is 21.7 Å². The van der Waals surface area contributed by atoms with Crippen LogP contribution in [-0.4, -0.2) is 64.9 Å². The number of hydrogen-bond acceptors (Lipinski definition) is 6. The summed E-state index contributed by atoms with van der Waals surface area (Å²) in [6.07, 6.45) is 5.76. The van der Waals surface area contributed by atoms with E-state index in [1.165, 1.54) is 11.6 Å². The summed E-state index contributed by atoms with van der Waals surface area (Å²) < 4.78 is 7.08. The molecule has 2 fully saturated rings. The molecule has 154 valence electrons. The fraction of sp³-hybridized carbons (Fsp3) is 0.500. The number of nitrogens with zero attached hydrogens (tertiary/aromatic N) is 5. The summed E-state index contributed by atoms with van der Waals surface area (Å²) in [4.78, 5) is 27.8. The molecule has 29 heavy (non-hydrogen) atoms. The van der Waals surface area contributed by atoms with Crippen LogP contribution < -0.4 is 4.90 Å². The number of benzene rings is 1. The number of anilines is 1. The molecule has 0 saturated carbocycles. The van der Waals surface area contributed by atoms with Crippen LogP contribution in [0.4, 0.5) is 11.4 Å². The molecule has 1 aromatic carbocycles. The maximum atomic E-state index is 12.7. The fourth-order valence-electron chi connectivity index (χ4n) is 4.12. The smallest absolute Gasteiger partial charge is 0.293 e. The number of nitro groups is 1. The first kappa shape index (κ1) is 19.4. The number of rotatable bonds is 4. The number of ether oxygens (including phenoxy) is 1. The third-order valence-electron chi connectivity index (χ3n) is 5.75. The number of amides is 1. The first-order chi connectivity index (χ1) is 14.0. The molecule has 1 amide bonds. The van der Waals surface area contributed by atoms with E-state index in [4.69, 9.17) is 4.74 Å².